The van der Waals surface area contributed by atoms with Gasteiger partial charge in [-0.25, -0.2) is 8.42 Å². The van der Waals surface area contributed by atoms with Crippen LogP contribution in [-0.4, -0.2) is 52.2 Å². The number of nitrogens with one attached hydrogen (secondary N) is 1. The number of esters is 1. The monoisotopic (exact) mass is 513 g/mol. The van der Waals surface area contributed by atoms with Crippen LogP contribution in [0.3, 0.4) is 0 Å². The topological polar surface area (TPSA) is 119 Å². The summed E-state index contributed by atoms with van der Waals surface area (Å²) >= 11 is 0. The second kappa shape index (κ2) is 10.3. The maximum absolute atomic E-state index is 12.9. The molecule has 0 spiro atoms. The maximum atomic E-state index is 12.9. The largest absolute Gasteiger partial charge is 0.469 e. The lowest BCUT2D eigenvalue weighted by Gasteiger charge is -2.23. The van der Waals surface area contributed by atoms with Gasteiger partial charge >= 0.3 is 5.97 Å². The van der Waals surface area contributed by atoms with Gasteiger partial charge in [0.2, 0.25) is 15.7 Å². The van der Waals surface area contributed by atoms with Crippen molar-refractivity contribution in [1.29, 1.82) is 0 Å². The quantitative estimate of drug-likeness (QED) is 0.319. The van der Waals surface area contributed by atoms with Crippen LogP contribution in [-0.2, 0) is 19.6 Å². The molecule has 0 saturated heterocycles. The van der Waals surface area contributed by atoms with Crippen LogP contribution in [0.2, 0.25) is 0 Å². The lowest BCUT2D eigenvalue weighted by atomic mass is 10.0. The minimum Gasteiger partial charge on any atom is -0.469 e. The summed E-state index contributed by atoms with van der Waals surface area (Å²) in [5.74, 6) is 0.230. The van der Waals surface area contributed by atoms with Gasteiger partial charge in [-0.1, -0.05) is 29.8 Å². The number of benzene rings is 1. The number of fused-ring (bicyclic) bond motifs is 1. The second-order valence-electron chi connectivity index (χ2n) is 9.15. The first kappa shape index (κ1) is 25.7. The SMILES string of the molecule is CNC(=O)c1c(-c2ccc(C)cc2)oc2nc(N(CCCCC(=O)OC)S(C)(=O)=O)c(C3CC3)cc12. The number of hydrogen-bond acceptors (Lipinski definition) is 7. The van der Waals surface area contributed by atoms with E-state index in [2.05, 4.69) is 15.0 Å². The zero-order valence-corrected chi connectivity index (χ0v) is 21.8. The highest BCUT2D eigenvalue weighted by Gasteiger charge is 2.34. The number of sulfonamides is 1. The van der Waals surface area contributed by atoms with Gasteiger partial charge in [0.05, 0.1) is 24.3 Å². The smallest absolute Gasteiger partial charge is 0.305 e. The van der Waals surface area contributed by atoms with E-state index in [-0.39, 0.29) is 36.5 Å². The van der Waals surface area contributed by atoms with Gasteiger partial charge in [-0.15, -0.1) is 0 Å². The highest BCUT2D eigenvalue weighted by Crippen LogP contribution is 2.46. The Labute approximate surface area is 210 Å². The minimum atomic E-state index is -3.67. The Hall–Kier alpha value is -3.40. The summed E-state index contributed by atoms with van der Waals surface area (Å²) < 4.78 is 37.7. The Balaban J connectivity index is 1.83. The fourth-order valence-corrected chi connectivity index (χ4v) is 5.16. The summed E-state index contributed by atoms with van der Waals surface area (Å²) in [7, 11) is -0.783. The molecule has 9 nitrogen and oxygen atoms in total. The molecule has 36 heavy (non-hydrogen) atoms. The van der Waals surface area contributed by atoms with E-state index in [0.29, 0.717) is 35.4 Å². The molecule has 1 fully saturated rings. The van der Waals surface area contributed by atoms with Crippen molar-refractivity contribution < 1.29 is 27.2 Å². The average molecular weight is 514 g/mol. The number of methoxy groups -OCH3 is 1. The molecule has 0 radical (unpaired) electrons. The third kappa shape index (κ3) is 5.38. The van der Waals surface area contributed by atoms with E-state index in [1.54, 1.807) is 7.05 Å². The van der Waals surface area contributed by atoms with Gasteiger partial charge in [-0.05, 0) is 50.2 Å². The summed E-state index contributed by atoms with van der Waals surface area (Å²) in [5, 5.41) is 3.24. The first-order valence-corrected chi connectivity index (χ1v) is 13.8. The highest BCUT2D eigenvalue weighted by molar-refractivity contribution is 7.92. The molecule has 0 bridgehead atoms. The highest BCUT2D eigenvalue weighted by atomic mass is 32.2. The average Bonchev–Trinajstić information content (AvgIpc) is 3.62. The number of aryl methyl sites for hydroxylation is 1. The molecular formula is C26H31N3O6S. The van der Waals surface area contributed by atoms with Crippen LogP contribution in [0, 0.1) is 6.92 Å². The van der Waals surface area contributed by atoms with Crippen LogP contribution < -0.4 is 9.62 Å². The van der Waals surface area contributed by atoms with E-state index in [9.17, 15) is 18.0 Å². The number of rotatable bonds is 10. The van der Waals surface area contributed by atoms with Gasteiger partial charge in [0.1, 0.15) is 11.6 Å². The van der Waals surface area contributed by atoms with E-state index in [4.69, 9.17) is 4.42 Å². The van der Waals surface area contributed by atoms with Crippen molar-refractivity contribution in [1.82, 2.24) is 10.3 Å². The van der Waals surface area contributed by atoms with Crippen molar-refractivity contribution in [3.8, 4) is 11.3 Å². The van der Waals surface area contributed by atoms with Crippen LogP contribution in [0.15, 0.2) is 34.7 Å². The van der Waals surface area contributed by atoms with Gasteiger partial charge in [-0.2, -0.15) is 4.98 Å². The molecule has 1 amide bonds. The molecule has 0 unspecified atom stereocenters. The normalized spacial score (nSPS) is 13.6. The Morgan fingerprint density at radius 3 is 2.47 bits per heavy atom. The zero-order valence-electron chi connectivity index (χ0n) is 21.0. The Morgan fingerprint density at radius 1 is 1.19 bits per heavy atom. The number of amides is 1. The molecular weight excluding hydrogens is 482 g/mol. The van der Waals surface area contributed by atoms with Crippen LogP contribution in [0.25, 0.3) is 22.4 Å². The first-order valence-electron chi connectivity index (χ1n) is 11.9. The van der Waals surface area contributed by atoms with Crippen molar-refractivity contribution in [2.24, 2.45) is 0 Å². The molecule has 0 atom stereocenters. The summed E-state index contributed by atoms with van der Waals surface area (Å²) in [6, 6.07) is 9.49. The van der Waals surface area contributed by atoms with E-state index in [1.165, 1.54) is 11.4 Å². The number of hydrogen-bond donors (Lipinski definition) is 1. The minimum absolute atomic E-state index is 0.159. The van der Waals surface area contributed by atoms with Crippen molar-refractivity contribution >= 4 is 38.8 Å². The van der Waals surface area contributed by atoms with E-state index < -0.39 is 10.0 Å². The molecule has 1 aliphatic rings. The summed E-state index contributed by atoms with van der Waals surface area (Å²) in [5.41, 5.74) is 3.16. The standard InChI is InChI=1S/C26H31N3O6S/c1-16-8-10-18(11-9-16)23-22(25(31)27-2)20-15-19(17-12-13-17)24(28-26(20)35-23)29(36(4,32)33)14-6-5-7-21(30)34-3/h8-11,15,17H,5-7,12-14H2,1-4H3,(H,27,31). The van der Waals surface area contributed by atoms with Crippen molar-refractivity contribution in [3.05, 3.63) is 47.0 Å². The summed E-state index contributed by atoms with van der Waals surface area (Å²) in [6.07, 6.45) is 4.13. The number of carbonyl (C=O) groups excluding carboxylic acids is 2. The Morgan fingerprint density at radius 2 is 1.89 bits per heavy atom. The number of furan rings is 1. The molecule has 10 heteroatoms. The molecule has 3 aromatic rings. The summed E-state index contributed by atoms with van der Waals surface area (Å²) in [4.78, 5) is 29.1. The number of pyridine rings is 1. The zero-order chi connectivity index (χ0) is 26.0. The van der Waals surface area contributed by atoms with Gasteiger partial charge in [-0.3, -0.25) is 13.9 Å². The molecule has 1 saturated carbocycles. The molecule has 1 aliphatic carbocycles. The van der Waals surface area contributed by atoms with Gasteiger partial charge < -0.3 is 14.5 Å². The molecule has 4 rings (SSSR count). The maximum Gasteiger partial charge on any atom is 0.305 e. The number of aromatic nitrogens is 1. The van der Waals surface area contributed by atoms with Gasteiger partial charge in [0.25, 0.3) is 5.91 Å². The van der Waals surface area contributed by atoms with Gasteiger partial charge in [0, 0.05) is 25.6 Å². The molecule has 2 aromatic heterocycles. The number of unbranched alkanes of at least 4 members (excludes halogenated alkanes) is 1. The number of anilines is 1. The number of ether oxygens (including phenoxy) is 1. The Bertz CT molecular complexity index is 1390. The Kier molecular flexibility index (Phi) is 7.35. The predicted molar refractivity (Wildman–Crippen MR) is 138 cm³/mol. The fourth-order valence-electron chi connectivity index (χ4n) is 4.24. The number of nitrogens with zero attached hydrogens (tertiary/aromatic N) is 2. The molecule has 1 aromatic carbocycles. The lowest BCUT2D eigenvalue weighted by Crippen LogP contribution is -2.32. The van der Waals surface area contributed by atoms with Crippen LogP contribution in [0.5, 0.6) is 0 Å². The van der Waals surface area contributed by atoms with E-state index >= 15 is 0 Å². The number of carbonyl (C=O) groups is 2. The van der Waals surface area contributed by atoms with E-state index in [0.717, 1.165) is 35.8 Å². The summed E-state index contributed by atoms with van der Waals surface area (Å²) in [6.45, 7) is 2.14. The van der Waals surface area contributed by atoms with Gasteiger partial charge in [0.15, 0.2) is 0 Å². The van der Waals surface area contributed by atoms with E-state index in [1.807, 2.05) is 37.3 Å². The first-order chi connectivity index (χ1) is 17.1. The molecule has 192 valence electrons. The molecule has 2 heterocycles. The third-order valence-corrected chi connectivity index (χ3v) is 7.49. The van der Waals surface area contributed by atoms with Crippen LogP contribution in [0.1, 0.15) is 59.5 Å². The molecule has 0 aliphatic heterocycles. The second-order valence-corrected chi connectivity index (χ2v) is 11.1. The lowest BCUT2D eigenvalue weighted by molar-refractivity contribution is -0.140. The van der Waals surface area contributed by atoms with Crippen molar-refractivity contribution in [2.75, 3.05) is 31.3 Å². The van der Waals surface area contributed by atoms with Crippen molar-refractivity contribution in [2.45, 2.75) is 44.9 Å². The van der Waals surface area contributed by atoms with Crippen LogP contribution >= 0.6 is 0 Å². The van der Waals surface area contributed by atoms with Crippen LogP contribution in [0.4, 0.5) is 5.82 Å². The third-order valence-electron chi connectivity index (χ3n) is 6.33. The fraction of sp³-hybridized carbons (Fsp3) is 0.423. The molecule has 1 N–H and O–H groups in total. The predicted octanol–water partition coefficient (Wildman–Crippen LogP) is 4.15. The van der Waals surface area contributed by atoms with Crippen molar-refractivity contribution in [3.63, 3.8) is 0 Å².